The minimum Gasteiger partial charge on any atom is -0.280 e. The highest BCUT2D eigenvalue weighted by Crippen LogP contribution is 2.30. The summed E-state index contributed by atoms with van der Waals surface area (Å²) in [6, 6.07) is 41.7. The zero-order valence-electron chi connectivity index (χ0n) is 25.1. The van der Waals surface area contributed by atoms with Crippen molar-refractivity contribution in [2.24, 2.45) is 9.98 Å². The first kappa shape index (κ1) is 29.2. The van der Waals surface area contributed by atoms with Gasteiger partial charge in [-0.25, -0.2) is 0 Å². The average molecular weight is 580 g/mol. The van der Waals surface area contributed by atoms with Gasteiger partial charge in [0, 0.05) is 29.1 Å². The third-order valence-corrected chi connectivity index (χ3v) is 7.91. The second kappa shape index (κ2) is 13.6. The summed E-state index contributed by atoms with van der Waals surface area (Å²) < 4.78 is 0. The Balaban J connectivity index is 1.49. The highest BCUT2D eigenvalue weighted by atomic mass is 14.8. The van der Waals surface area contributed by atoms with Gasteiger partial charge in [0.2, 0.25) is 0 Å². The maximum Gasteiger partial charge on any atom is 0.0716 e. The molecule has 0 aliphatic rings. The normalized spacial score (nSPS) is 11.7. The standard InChI is InChI=1S/C42H33N3/c1-4-38-37(26-33-16-9-10-22-40(33)39(38)5-2)29-45-42(35-20-11-17-31(24-35)30-14-7-6-8-15-30)27-41(43-3)34-19-12-18-32(25-34)36-21-13-23-44-28-36/h4-28H,1-3,29H2/b41-27-,45-42?. The molecule has 0 aliphatic heterocycles. The van der Waals surface area contributed by atoms with E-state index in [0.29, 0.717) is 6.54 Å². The van der Waals surface area contributed by atoms with E-state index >= 15 is 0 Å². The largest absolute Gasteiger partial charge is 0.280 e. The van der Waals surface area contributed by atoms with Crippen LogP contribution in [0.3, 0.4) is 0 Å². The number of hydrogen-bond donors (Lipinski definition) is 0. The topological polar surface area (TPSA) is 37.6 Å². The Hall–Kier alpha value is -5.93. The molecule has 0 unspecified atom stereocenters. The number of aliphatic imine (C=N–C) groups is 2. The van der Waals surface area contributed by atoms with Gasteiger partial charge in [0.25, 0.3) is 0 Å². The summed E-state index contributed by atoms with van der Waals surface area (Å²) in [6.45, 7) is 12.6. The Morgan fingerprint density at radius 2 is 1.31 bits per heavy atom. The zero-order chi connectivity index (χ0) is 31.0. The smallest absolute Gasteiger partial charge is 0.0716 e. The van der Waals surface area contributed by atoms with Gasteiger partial charge in [-0.2, -0.15) is 0 Å². The number of nitrogens with zero attached hydrogens (tertiary/aromatic N) is 3. The van der Waals surface area contributed by atoms with E-state index < -0.39 is 0 Å². The quantitative estimate of drug-likeness (QED) is 0.149. The molecule has 0 radical (unpaired) electrons. The molecule has 0 N–H and O–H groups in total. The van der Waals surface area contributed by atoms with E-state index in [0.717, 1.165) is 72.3 Å². The molecule has 0 bridgehead atoms. The molecule has 0 saturated heterocycles. The van der Waals surface area contributed by atoms with Crippen molar-refractivity contribution >= 4 is 41.1 Å². The van der Waals surface area contributed by atoms with Gasteiger partial charge in [-0.15, -0.1) is 0 Å². The van der Waals surface area contributed by atoms with E-state index in [1.54, 1.807) is 6.20 Å². The monoisotopic (exact) mass is 579 g/mol. The molecule has 1 aromatic heterocycles. The first-order valence-corrected chi connectivity index (χ1v) is 14.9. The summed E-state index contributed by atoms with van der Waals surface area (Å²) in [5.74, 6) is 0. The van der Waals surface area contributed by atoms with Gasteiger partial charge >= 0.3 is 0 Å². The highest BCUT2D eigenvalue weighted by Gasteiger charge is 2.12. The Morgan fingerprint density at radius 3 is 2.04 bits per heavy atom. The average Bonchev–Trinajstić information content (AvgIpc) is 3.12. The fraction of sp³-hybridized carbons (Fsp3) is 0.0238. The summed E-state index contributed by atoms with van der Waals surface area (Å²) in [6.07, 6.45) is 9.49. The number of pyridine rings is 1. The second-order valence-electron chi connectivity index (χ2n) is 10.7. The lowest BCUT2D eigenvalue weighted by molar-refractivity contribution is 1.07. The molecule has 0 amide bonds. The minimum atomic E-state index is 0.453. The molecule has 3 heteroatoms. The summed E-state index contributed by atoms with van der Waals surface area (Å²) in [4.78, 5) is 14.0. The predicted molar refractivity (Wildman–Crippen MR) is 193 cm³/mol. The first-order valence-electron chi connectivity index (χ1n) is 14.9. The number of fused-ring (bicyclic) bond motifs is 1. The van der Waals surface area contributed by atoms with Gasteiger partial charge < -0.3 is 0 Å². The second-order valence-corrected chi connectivity index (χ2v) is 10.7. The molecule has 216 valence electrons. The van der Waals surface area contributed by atoms with Gasteiger partial charge in [0.1, 0.15) is 0 Å². The van der Waals surface area contributed by atoms with Crippen LogP contribution in [0.1, 0.15) is 27.8 Å². The molecule has 6 rings (SSSR count). The third kappa shape index (κ3) is 6.39. The van der Waals surface area contributed by atoms with Gasteiger partial charge in [0.15, 0.2) is 0 Å². The van der Waals surface area contributed by atoms with Gasteiger partial charge in [-0.05, 0) is 81.2 Å². The van der Waals surface area contributed by atoms with Crippen LogP contribution in [0.15, 0.2) is 163 Å². The predicted octanol–water partition coefficient (Wildman–Crippen LogP) is 10.6. The lowest BCUT2D eigenvalue weighted by atomic mass is 9.93. The molecule has 0 atom stereocenters. The molecule has 3 nitrogen and oxygen atoms in total. The number of rotatable bonds is 10. The maximum atomic E-state index is 5.24. The van der Waals surface area contributed by atoms with Crippen LogP contribution in [0.2, 0.25) is 0 Å². The van der Waals surface area contributed by atoms with E-state index in [4.69, 9.17) is 4.99 Å². The molecule has 0 saturated carbocycles. The number of benzene rings is 5. The van der Waals surface area contributed by atoms with Gasteiger partial charge in [-0.3, -0.25) is 15.0 Å². The molecule has 1 heterocycles. The van der Waals surface area contributed by atoms with Crippen LogP contribution < -0.4 is 0 Å². The van der Waals surface area contributed by atoms with Crippen LogP contribution in [-0.4, -0.2) is 17.4 Å². The SMILES string of the molecule is C=Cc1c(CN=C(/C=C(\N=C)c2cccc(-c3cccnc3)c2)c2cccc(-c3ccccc3)c2)cc2ccccc2c1C=C. The lowest BCUT2D eigenvalue weighted by Crippen LogP contribution is -2.02. The maximum absolute atomic E-state index is 5.24. The van der Waals surface area contributed by atoms with Crippen molar-refractivity contribution in [3.05, 3.63) is 181 Å². The van der Waals surface area contributed by atoms with Gasteiger partial charge in [0.05, 0.1) is 18.0 Å². The van der Waals surface area contributed by atoms with Crippen LogP contribution in [0, 0.1) is 0 Å². The first-order chi connectivity index (χ1) is 22.2. The van der Waals surface area contributed by atoms with Crippen molar-refractivity contribution in [3.8, 4) is 22.3 Å². The van der Waals surface area contributed by atoms with Crippen molar-refractivity contribution in [2.45, 2.75) is 6.54 Å². The summed E-state index contributed by atoms with van der Waals surface area (Å²) in [7, 11) is 0. The zero-order valence-corrected chi connectivity index (χ0v) is 25.1. The van der Waals surface area contributed by atoms with E-state index in [9.17, 15) is 0 Å². The van der Waals surface area contributed by atoms with Crippen molar-refractivity contribution in [2.75, 3.05) is 0 Å². The van der Waals surface area contributed by atoms with Crippen molar-refractivity contribution in [1.29, 1.82) is 0 Å². The van der Waals surface area contributed by atoms with E-state index in [1.807, 2.05) is 48.7 Å². The summed E-state index contributed by atoms with van der Waals surface area (Å²) in [5, 5.41) is 2.30. The summed E-state index contributed by atoms with van der Waals surface area (Å²) in [5.41, 5.74) is 11.0. The Kier molecular flexibility index (Phi) is 8.80. The van der Waals surface area contributed by atoms with E-state index in [-0.39, 0.29) is 0 Å². The van der Waals surface area contributed by atoms with E-state index in [2.05, 4.69) is 127 Å². The Bertz CT molecular complexity index is 2070. The van der Waals surface area contributed by atoms with Crippen LogP contribution in [0.4, 0.5) is 0 Å². The fourth-order valence-corrected chi connectivity index (χ4v) is 5.66. The molecule has 6 aromatic rings. The third-order valence-electron chi connectivity index (χ3n) is 7.91. The molecule has 0 spiro atoms. The molecular weight excluding hydrogens is 546 g/mol. The molecule has 45 heavy (non-hydrogen) atoms. The summed E-state index contributed by atoms with van der Waals surface area (Å²) >= 11 is 0. The van der Waals surface area contributed by atoms with Crippen molar-refractivity contribution < 1.29 is 0 Å². The number of allylic oxidation sites excluding steroid dienone is 1. The van der Waals surface area contributed by atoms with Crippen LogP contribution in [0.5, 0.6) is 0 Å². The molecule has 5 aromatic carbocycles. The van der Waals surface area contributed by atoms with Crippen LogP contribution >= 0.6 is 0 Å². The van der Waals surface area contributed by atoms with Crippen molar-refractivity contribution in [3.63, 3.8) is 0 Å². The highest BCUT2D eigenvalue weighted by molar-refractivity contribution is 6.13. The van der Waals surface area contributed by atoms with Crippen LogP contribution in [-0.2, 0) is 6.54 Å². The Morgan fingerprint density at radius 1 is 0.644 bits per heavy atom. The van der Waals surface area contributed by atoms with Crippen LogP contribution in [0.25, 0.3) is 50.9 Å². The van der Waals surface area contributed by atoms with Crippen molar-refractivity contribution in [1.82, 2.24) is 4.98 Å². The van der Waals surface area contributed by atoms with Gasteiger partial charge in [-0.1, -0.05) is 122 Å². The minimum absolute atomic E-state index is 0.453. The number of hydrogen-bond acceptors (Lipinski definition) is 3. The fourth-order valence-electron chi connectivity index (χ4n) is 5.66. The number of aromatic nitrogens is 1. The molecular formula is C42H33N3. The molecule has 0 aliphatic carbocycles. The lowest BCUT2D eigenvalue weighted by Gasteiger charge is -2.13. The molecule has 0 fully saturated rings. The van der Waals surface area contributed by atoms with E-state index in [1.165, 1.54) is 0 Å². The Labute approximate surface area is 265 Å².